The van der Waals surface area contributed by atoms with Gasteiger partial charge in [0, 0.05) is 18.7 Å². The van der Waals surface area contributed by atoms with Gasteiger partial charge in [0.1, 0.15) is 11.5 Å². The van der Waals surface area contributed by atoms with Crippen LogP contribution in [0.15, 0.2) is 48.9 Å². The summed E-state index contributed by atoms with van der Waals surface area (Å²) in [5.41, 5.74) is 1.88. The topological polar surface area (TPSA) is 125 Å². The second-order valence-corrected chi connectivity index (χ2v) is 10.6. The normalized spacial score (nSPS) is 15.4. The van der Waals surface area contributed by atoms with Crippen molar-refractivity contribution in [2.24, 2.45) is 0 Å². The van der Waals surface area contributed by atoms with Gasteiger partial charge < -0.3 is 9.30 Å². The number of ether oxygens (including phenoxy) is 1. The zero-order valence-electron chi connectivity index (χ0n) is 21.9. The van der Waals surface area contributed by atoms with Gasteiger partial charge in [-0.25, -0.2) is 19.6 Å². The summed E-state index contributed by atoms with van der Waals surface area (Å²) in [5, 5.41) is 4.51. The van der Waals surface area contributed by atoms with Crippen molar-refractivity contribution in [2.45, 2.75) is 38.4 Å². The van der Waals surface area contributed by atoms with Crippen molar-refractivity contribution in [3.05, 3.63) is 83.1 Å². The van der Waals surface area contributed by atoms with Crippen molar-refractivity contribution < 1.29 is 30.9 Å². The highest BCUT2D eigenvalue weighted by molar-refractivity contribution is 7.85. The summed E-state index contributed by atoms with van der Waals surface area (Å²) in [4.78, 5) is 13.3. The van der Waals surface area contributed by atoms with E-state index in [0.29, 0.717) is 42.4 Å². The number of aromatic nitrogens is 6. The largest absolute Gasteiger partial charge is 0.479 e. The maximum absolute atomic E-state index is 13.6. The molecular weight excluding hydrogens is 549 g/mol. The molecule has 0 spiro atoms. The quantitative estimate of drug-likeness (QED) is 0.336. The number of aryl methyl sites for hydroxylation is 2. The lowest BCUT2D eigenvalue weighted by Gasteiger charge is -2.25. The Kier molecular flexibility index (Phi) is 8.40. The molecule has 40 heavy (non-hydrogen) atoms. The van der Waals surface area contributed by atoms with Crippen LogP contribution in [0.2, 0.25) is 0 Å². The highest BCUT2D eigenvalue weighted by Crippen LogP contribution is 2.40. The van der Waals surface area contributed by atoms with E-state index in [4.69, 9.17) is 9.29 Å². The van der Waals surface area contributed by atoms with E-state index in [9.17, 15) is 21.6 Å². The van der Waals surface area contributed by atoms with Crippen LogP contribution in [0, 0.1) is 6.92 Å². The minimum atomic E-state index is -4.42. The first-order valence-corrected chi connectivity index (χ1v) is 14.0. The van der Waals surface area contributed by atoms with E-state index in [1.165, 1.54) is 12.1 Å². The van der Waals surface area contributed by atoms with Crippen LogP contribution in [-0.2, 0) is 22.8 Å². The van der Waals surface area contributed by atoms with Crippen LogP contribution in [0.25, 0.3) is 17.8 Å². The number of methoxy groups -OCH3 is 1. The van der Waals surface area contributed by atoms with Gasteiger partial charge in [0.25, 0.3) is 10.1 Å². The zero-order chi connectivity index (χ0) is 29.1. The number of halogens is 3. The van der Waals surface area contributed by atoms with Crippen molar-refractivity contribution >= 4 is 22.3 Å². The molecule has 0 unspecified atom stereocenters. The average Bonchev–Trinajstić information content (AvgIpc) is 3.51. The Balaban J connectivity index is 0.000000681. The maximum Gasteiger partial charge on any atom is 0.416 e. The summed E-state index contributed by atoms with van der Waals surface area (Å²) in [6.45, 7) is 2.52. The molecule has 0 bridgehead atoms. The van der Waals surface area contributed by atoms with Crippen LogP contribution in [0.3, 0.4) is 0 Å². The van der Waals surface area contributed by atoms with Gasteiger partial charge in [-0.05, 0) is 55.7 Å². The van der Waals surface area contributed by atoms with Gasteiger partial charge in [0.05, 0.1) is 36.6 Å². The number of benzene rings is 1. The standard InChI is InChI=1S/C25H23F3N6O.CH4O3S/c1-16-14-33(15-29-16)21-11-9-17(30-24(21)35-2)10-12-22-31-23-19(7-5-13-34(23)32-22)18-6-3-4-8-20(18)25(26,27)28;1-5(2,3)4/h3-4,6,8-12,14-15,19H,5,7,13H2,1-2H3;1H3,(H,2,3,4)/b12-10+;/t19-;/m0./s1. The Labute approximate surface area is 228 Å². The number of alkyl halides is 3. The molecule has 4 aromatic rings. The Morgan fingerprint density at radius 1 is 1.12 bits per heavy atom. The minimum absolute atomic E-state index is 0.237. The van der Waals surface area contributed by atoms with Crippen molar-refractivity contribution in [3.8, 4) is 11.6 Å². The summed E-state index contributed by atoms with van der Waals surface area (Å²) >= 11 is 0. The Hall–Kier alpha value is -4.04. The third-order valence-corrected chi connectivity index (χ3v) is 5.98. The number of pyridine rings is 1. The van der Waals surface area contributed by atoms with E-state index >= 15 is 0 Å². The second-order valence-electron chi connectivity index (χ2n) is 9.08. The van der Waals surface area contributed by atoms with Crippen molar-refractivity contribution in [2.75, 3.05) is 13.4 Å². The lowest BCUT2D eigenvalue weighted by Crippen LogP contribution is -2.21. The van der Waals surface area contributed by atoms with Gasteiger partial charge in [-0.1, -0.05) is 18.2 Å². The average molecular weight is 577 g/mol. The molecule has 4 heterocycles. The van der Waals surface area contributed by atoms with Crippen molar-refractivity contribution in [3.63, 3.8) is 0 Å². The molecule has 1 aliphatic rings. The smallest absolute Gasteiger partial charge is 0.416 e. The molecule has 1 N–H and O–H groups in total. The lowest BCUT2D eigenvalue weighted by atomic mass is 9.88. The predicted molar refractivity (Wildman–Crippen MR) is 142 cm³/mol. The highest BCUT2D eigenvalue weighted by atomic mass is 32.2. The number of fused-ring (bicyclic) bond motifs is 1. The molecule has 1 atom stereocenters. The van der Waals surface area contributed by atoms with Gasteiger partial charge in [0.15, 0.2) is 5.82 Å². The summed E-state index contributed by atoms with van der Waals surface area (Å²) in [5.74, 6) is 0.938. The molecule has 0 saturated carbocycles. The first kappa shape index (κ1) is 29.0. The Bertz CT molecular complexity index is 1620. The fourth-order valence-electron chi connectivity index (χ4n) is 4.39. The molecule has 1 aromatic carbocycles. The predicted octanol–water partition coefficient (Wildman–Crippen LogP) is 4.79. The fourth-order valence-corrected chi connectivity index (χ4v) is 4.39. The van der Waals surface area contributed by atoms with Crippen molar-refractivity contribution in [1.29, 1.82) is 0 Å². The third kappa shape index (κ3) is 7.12. The summed E-state index contributed by atoms with van der Waals surface area (Å²) < 4.78 is 75.7. The summed E-state index contributed by atoms with van der Waals surface area (Å²) in [6, 6.07) is 9.42. The van der Waals surface area contributed by atoms with E-state index in [1.54, 1.807) is 36.3 Å². The first-order valence-electron chi connectivity index (χ1n) is 12.1. The van der Waals surface area contributed by atoms with Crippen molar-refractivity contribution in [1.82, 2.24) is 29.3 Å². The number of imidazole rings is 1. The minimum Gasteiger partial charge on any atom is -0.479 e. The highest BCUT2D eigenvalue weighted by Gasteiger charge is 2.37. The van der Waals surface area contributed by atoms with Crippen LogP contribution in [-0.4, -0.2) is 55.6 Å². The second kappa shape index (κ2) is 11.6. The molecule has 10 nitrogen and oxygen atoms in total. The summed E-state index contributed by atoms with van der Waals surface area (Å²) in [7, 11) is -2.12. The molecule has 212 valence electrons. The zero-order valence-corrected chi connectivity index (χ0v) is 22.7. The molecule has 5 rings (SSSR count). The monoisotopic (exact) mass is 576 g/mol. The SMILES string of the molecule is COc1nc(/C=C/c2nc3n(n2)CCC[C@H]3c2ccccc2C(F)(F)F)ccc1-n1cnc(C)c1.CS(=O)(=O)O. The molecule has 0 aliphatic carbocycles. The van der Waals surface area contributed by atoms with Gasteiger partial charge in [-0.3, -0.25) is 4.55 Å². The third-order valence-electron chi connectivity index (χ3n) is 5.98. The molecule has 0 fully saturated rings. The number of hydrogen-bond acceptors (Lipinski definition) is 7. The maximum atomic E-state index is 13.6. The van der Waals surface area contributed by atoms with E-state index in [2.05, 4.69) is 20.1 Å². The van der Waals surface area contributed by atoms with Crippen LogP contribution in [0.5, 0.6) is 5.88 Å². The van der Waals surface area contributed by atoms with Crippen LogP contribution < -0.4 is 4.74 Å². The fraction of sp³-hybridized carbons (Fsp3) is 0.308. The van der Waals surface area contributed by atoms with Crippen LogP contribution in [0.1, 0.15) is 52.9 Å². The van der Waals surface area contributed by atoms with Gasteiger partial charge >= 0.3 is 6.18 Å². The molecule has 0 radical (unpaired) electrons. The van der Waals surface area contributed by atoms with Crippen LogP contribution in [0.4, 0.5) is 13.2 Å². The lowest BCUT2D eigenvalue weighted by molar-refractivity contribution is -0.138. The molecule has 14 heteroatoms. The van der Waals surface area contributed by atoms with Gasteiger partial charge in [0.2, 0.25) is 5.88 Å². The Morgan fingerprint density at radius 3 is 2.50 bits per heavy atom. The molecule has 1 aliphatic heterocycles. The van der Waals surface area contributed by atoms with Crippen LogP contribution >= 0.6 is 0 Å². The summed E-state index contributed by atoms with van der Waals surface area (Å²) in [6.07, 6.45) is 4.64. The number of nitrogens with zero attached hydrogens (tertiary/aromatic N) is 6. The molecule has 0 amide bonds. The van der Waals surface area contributed by atoms with E-state index in [0.717, 1.165) is 23.9 Å². The van der Waals surface area contributed by atoms with E-state index in [1.807, 2.05) is 29.8 Å². The van der Waals surface area contributed by atoms with E-state index in [-0.39, 0.29) is 5.56 Å². The molecule has 0 saturated heterocycles. The molecule has 3 aromatic heterocycles. The number of hydrogen-bond donors (Lipinski definition) is 1. The van der Waals surface area contributed by atoms with E-state index < -0.39 is 27.8 Å². The first-order chi connectivity index (χ1) is 18.8. The molecular formula is C26H27F3N6O4S. The van der Waals surface area contributed by atoms with Gasteiger partial charge in [-0.2, -0.15) is 26.7 Å². The van der Waals surface area contributed by atoms with Gasteiger partial charge in [-0.15, -0.1) is 0 Å². The number of rotatable bonds is 5. The Morgan fingerprint density at radius 2 is 1.85 bits per heavy atom.